The number of allylic oxidation sites excluding steroid dienone is 1. The lowest BCUT2D eigenvalue weighted by atomic mass is 9.99. The molecular weight excluding hydrogens is 210 g/mol. The standard InChI is InChI=1S/C15H19NO/c17-13-7-8-14-11(10-13)6-9-15(14)16-12-4-2-1-3-5-12/h1-2,7-8,10,12,15-17H,3-6,9H2. The van der Waals surface area contributed by atoms with Crippen molar-refractivity contribution in [3.8, 4) is 5.75 Å². The van der Waals surface area contributed by atoms with Crippen molar-refractivity contribution >= 4 is 0 Å². The van der Waals surface area contributed by atoms with Crippen molar-refractivity contribution in [2.45, 2.75) is 44.2 Å². The normalized spacial score (nSPS) is 27.1. The van der Waals surface area contributed by atoms with E-state index in [4.69, 9.17) is 0 Å². The molecule has 0 saturated heterocycles. The van der Waals surface area contributed by atoms with Crippen molar-refractivity contribution < 1.29 is 5.11 Å². The first-order valence-electron chi connectivity index (χ1n) is 6.56. The van der Waals surface area contributed by atoms with Gasteiger partial charge in [-0.05, 0) is 55.4 Å². The van der Waals surface area contributed by atoms with Crippen molar-refractivity contribution in [1.82, 2.24) is 5.32 Å². The van der Waals surface area contributed by atoms with Gasteiger partial charge >= 0.3 is 0 Å². The van der Waals surface area contributed by atoms with Crippen LogP contribution in [0, 0.1) is 0 Å². The van der Waals surface area contributed by atoms with Crippen LogP contribution < -0.4 is 5.32 Å². The van der Waals surface area contributed by atoms with Gasteiger partial charge in [-0.25, -0.2) is 0 Å². The van der Waals surface area contributed by atoms with Crippen LogP contribution in [0.2, 0.25) is 0 Å². The Morgan fingerprint density at radius 1 is 1.18 bits per heavy atom. The maximum atomic E-state index is 9.47. The minimum absolute atomic E-state index is 0.394. The van der Waals surface area contributed by atoms with Crippen LogP contribution >= 0.6 is 0 Å². The topological polar surface area (TPSA) is 32.3 Å². The van der Waals surface area contributed by atoms with Crippen LogP contribution in [0.5, 0.6) is 5.75 Å². The zero-order valence-electron chi connectivity index (χ0n) is 10.0. The van der Waals surface area contributed by atoms with Gasteiger partial charge in [-0.1, -0.05) is 18.2 Å². The third-order valence-electron chi connectivity index (χ3n) is 3.91. The summed E-state index contributed by atoms with van der Waals surface area (Å²) in [5.41, 5.74) is 2.70. The quantitative estimate of drug-likeness (QED) is 0.764. The highest BCUT2D eigenvalue weighted by molar-refractivity contribution is 5.40. The number of hydrogen-bond donors (Lipinski definition) is 2. The first kappa shape index (κ1) is 10.8. The first-order valence-corrected chi connectivity index (χ1v) is 6.56. The predicted molar refractivity (Wildman–Crippen MR) is 69.1 cm³/mol. The second-order valence-corrected chi connectivity index (χ2v) is 5.12. The van der Waals surface area contributed by atoms with E-state index in [0.29, 0.717) is 17.8 Å². The average Bonchev–Trinajstić information content (AvgIpc) is 2.73. The fourth-order valence-electron chi connectivity index (χ4n) is 3.01. The molecule has 2 aliphatic carbocycles. The van der Waals surface area contributed by atoms with Crippen LogP contribution in [0.3, 0.4) is 0 Å². The number of aromatic hydroxyl groups is 1. The van der Waals surface area contributed by atoms with Gasteiger partial charge in [0, 0.05) is 12.1 Å². The zero-order chi connectivity index (χ0) is 11.7. The molecule has 2 atom stereocenters. The molecule has 90 valence electrons. The summed E-state index contributed by atoms with van der Waals surface area (Å²) < 4.78 is 0. The highest BCUT2D eigenvalue weighted by atomic mass is 16.3. The van der Waals surface area contributed by atoms with E-state index < -0.39 is 0 Å². The summed E-state index contributed by atoms with van der Waals surface area (Å²) in [5.74, 6) is 0.394. The molecule has 0 aliphatic heterocycles. The minimum atomic E-state index is 0.394. The summed E-state index contributed by atoms with van der Waals surface area (Å²) in [6.07, 6.45) is 10.4. The van der Waals surface area contributed by atoms with Crippen molar-refractivity contribution in [1.29, 1.82) is 0 Å². The fourth-order valence-corrected chi connectivity index (χ4v) is 3.01. The second-order valence-electron chi connectivity index (χ2n) is 5.12. The number of phenolic OH excluding ortho intramolecular Hbond substituents is 1. The molecule has 0 heterocycles. The van der Waals surface area contributed by atoms with Crippen molar-refractivity contribution in [3.05, 3.63) is 41.5 Å². The lowest BCUT2D eigenvalue weighted by molar-refractivity contribution is 0.407. The van der Waals surface area contributed by atoms with Gasteiger partial charge in [0.2, 0.25) is 0 Å². The van der Waals surface area contributed by atoms with E-state index in [9.17, 15) is 5.11 Å². The molecule has 2 heteroatoms. The molecule has 0 radical (unpaired) electrons. The Hall–Kier alpha value is -1.28. The van der Waals surface area contributed by atoms with Gasteiger partial charge in [-0.2, -0.15) is 0 Å². The van der Waals surface area contributed by atoms with Crippen LogP contribution in [0.15, 0.2) is 30.4 Å². The van der Waals surface area contributed by atoms with E-state index in [1.807, 2.05) is 6.07 Å². The fraction of sp³-hybridized carbons (Fsp3) is 0.467. The van der Waals surface area contributed by atoms with E-state index in [1.54, 1.807) is 6.07 Å². The molecule has 3 rings (SSSR count). The Morgan fingerprint density at radius 2 is 2.12 bits per heavy atom. The van der Waals surface area contributed by atoms with Crippen LogP contribution in [0.1, 0.15) is 42.9 Å². The van der Waals surface area contributed by atoms with Crippen molar-refractivity contribution in [2.75, 3.05) is 0 Å². The van der Waals surface area contributed by atoms with Gasteiger partial charge < -0.3 is 10.4 Å². The molecule has 0 spiro atoms. The zero-order valence-corrected chi connectivity index (χ0v) is 10.0. The number of phenols is 1. The van der Waals surface area contributed by atoms with Crippen LogP contribution in [-0.2, 0) is 6.42 Å². The van der Waals surface area contributed by atoms with Gasteiger partial charge in [-0.15, -0.1) is 0 Å². The van der Waals surface area contributed by atoms with Crippen LogP contribution in [0.25, 0.3) is 0 Å². The van der Waals surface area contributed by atoms with E-state index in [2.05, 4.69) is 23.5 Å². The van der Waals surface area contributed by atoms with Gasteiger partial charge in [-0.3, -0.25) is 0 Å². The van der Waals surface area contributed by atoms with Gasteiger partial charge in [0.05, 0.1) is 0 Å². The summed E-state index contributed by atoms with van der Waals surface area (Å²) in [5, 5.41) is 13.2. The molecular formula is C15H19NO. The Bertz CT molecular complexity index is 439. The van der Waals surface area contributed by atoms with Crippen LogP contribution in [0.4, 0.5) is 0 Å². The van der Waals surface area contributed by atoms with E-state index in [-0.39, 0.29) is 0 Å². The maximum absolute atomic E-state index is 9.47. The number of benzene rings is 1. The van der Waals surface area contributed by atoms with E-state index in [0.717, 1.165) is 12.8 Å². The lowest BCUT2D eigenvalue weighted by Crippen LogP contribution is -2.32. The van der Waals surface area contributed by atoms with Crippen LogP contribution in [-0.4, -0.2) is 11.1 Å². The number of hydrogen-bond acceptors (Lipinski definition) is 2. The minimum Gasteiger partial charge on any atom is -0.508 e. The van der Waals surface area contributed by atoms with Crippen molar-refractivity contribution in [2.24, 2.45) is 0 Å². The summed E-state index contributed by atoms with van der Waals surface area (Å²) in [6.45, 7) is 0. The third kappa shape index (κ3) is 2.22. The number of rotatable bonds is 2. The average molecular weight is 229 g/mol. The summed E-state index contributed by atoms with van der Waals surface area (Å²) >= 11 is 0. The Kier molecular flexibility index (Phi) is 2.89. The van der Waals surface area contributed by atoms with Gasteiger partial charge in [0.1, 0.15) is 5.75 Å². The first-order chi connectivity index (χ1) is 8.33. The molecule has 1 aromatic carbocycles. The van der Waals surface area contributed by atoms with Gasteiger partial charge in [0.25, 0.3) is 0 Å². The molecule has 0 fully saturated rings. The Labute approximate surface area is 102 Å². The predicted octanol–water partition coefficient (Wildman–Crippen LogP) is 3.08. The molecule has 0 aromatic heterocycles. The van der Waals surface area contributed by atoms with E-state index in [1.165, 1.54) is 30.4 Å². The molecule has 2 nitrogen and oxygen atoms in total. The Morgan fingerprint density at radius 3 is 2.94 bits per heavy atom. The molecule has 2 unspecified atom stereocenters. The molecule has 0 amide bonds. The molecule has 2 aliphatic rings. The number of nitrogens with one attached hydrogen (secondary N) is 1. The van der Waals surface area contributed by atoms with E-state index >= 15 is 0 Å². The van der Waals surface area contributed by atoms with Gasteiger partial charge in [0.15, 0.2) is 0 Å². The molecule has 1 aromatic rings. The smallest absolute Gasteiger partial charge is 0.115 e. The Balaban J connectivity index is 1.73. The SMILES string of the molecule is Oc1ccc2c(c1)CCC2NC1CC=CCC1. The highest BCUT2D eigenvalue weighted by Crippen LogP contribution is 2.34. The molecule has 2 N–H and O–H groups in total. The largest absolute Gasteiger partial charge is 0.508 e. The third-order valence-corrected chi connectivity index (χ3v) is 3.91. The molecule has 0 bridgehead atoms. The maximum Gasteiger partial charge on any atom is 0.115 e. The molecule has 17 heavy (non-hydrogen) atoms. The van der Waals surface area contributed by atoms with Crippen molar-refractivity contribution in [3.63, 3.8) is 0 Å². The number of aryl methyl sites for hydroxylation is 1. The summed E-state index contributed by atoms with van der Waals surface area (Å²) in [6, 6.07) is 6.91. The molecule has 0 saturated carbocycles. The number of fused-ring (bicyclic) bond motifs is 1. The summed E-state index contributed by atoms with van der Waals surface area (Å²) in [4.78, 5) is 0. The summed E-state index contributed by atoms with van der Waals surface area (Å²) in [7, 11) is 0. The lowest BCUT2D eigenvalue weighted by Gasteiger charge is -2.24. The monoisotopic (exact) mass is 229 g/mol. The highest BCUT2D eigenvalue weighted by Gasteiger charge is 2.24. The second kappa shape index (κ2) is 4.53.